The van der Waals surface area contributed by atoms with E-state index in [9.17, 15) is 9.59 Å². The molecule has 5 nitrogen and oxygen atoms in total. The Morgan fingerprint density at radius 3 is 2.45 bits per heavy atom. The Kier molecular flexibility index (Phi) is 5.51. The molecule has 0 aromatic carbocycles. The molecule has 22 heavy (non-hydrogen) atoms. The maximum Gasteiger partial charge on any atom is 0.328 e. The predicted molar refractivity (Wildman–Crippen MR) is 85.9 cm³/mol. The van der Waals surface area contributed by atoms with Crippen LogP contribution < -0.4 is 0 Å². The first-order chi connectivity index (χ1) is 10.5. The Labute approximate surface area is 133 Å². The number of hydrogen-bond acceptors (Lipinski definition) is 4. The van der Waals surface area contributed by atoms with Gasteiger partial charge in [-0.1, -0.05) is 12.1 Å². The van der Waals surface area contributed by atoms with E-state index < -0.39 is 11.9 Å². The zero-order valence-corrected chi connectivity index (χ0v) is 13.1. The van der Waals surface area contributed by atoms with Gasteiger partial charge in [-0.3, -0.25) is 4.90 Å². The molecule has 2 bridgehead atoms. The monoisotopic (exact) mass is 321 g/mol. The second-order valence-electron chi connectivity index (χ2n) is 5.35. The van der Waals surface area contributed by atoms with Crippen LogP contribution in [0.1, 0.15) is 24.1 Å². The van der Waals surface area contributed by atoms with E-state index in [1.54, 1.807) is 5.57 Å². The van der Waals surface area contributed by atoms with Crippen molar-refractivity contribution in [3.63, 3.8) is 0 Å². The second kappa shape index (κ2) is 7.38. The normalized spacial score (nSPS) is 23.8. The highest BCUT2D eigenvalue weighted by Gasteiger charge is 2.33. The topological polar surface area (TPSA) is 77.8 Å². The molecule has 1 aromatic rings. The molecule has 1 fully saturated rings. The first-order valence-electron chi connectivity index (χ1n) is 7.08. The number of hydrogen-bond donors (Lipinski definition) is 2. The lowest BCUT2D eigenvalue weighted by Gasteiger charge is -2.29. The summed E-state index contributed by atoms with van der Waals surface area (Å²) < 4.78 is 0. The highest BCUT2D eigenvalue weighted by molar-refractivity contribution is 7.11. The molecule has 1 aromatic heterocycles. The van der Waals surface area contributed by atoms with Crippen LogP contribution in [0.5, 0.6) is 0 Å². The van der Waals surface area contributed by atoms with E-state index in [1.807, 2.05) is 11.3 Å². The smallest absolute Gasteiger partial charge is 0.328 e. The predicted octanol–water partition coefficient (Wildman–Crippen LogP) is 2.71. The number of aliphatic carboxylic acids is 2. The highest BCUT2D eigenvalue weighted by atomic mass is 32.1. The van der Waals surface area contributed by atoms with E-state index in [0.717, 1.165) is 6.04 Å². The molecule has 0 spiro atoms. The largest absolute Gasteiger partial charge is 0.478 e. The molecule has 3 rings (SSSR count). The third-order valence-electron chi connectivity index (χ3n) is 3.95. The van der Waals surface area contributed by atoms with E-state index in [-0.39, 0.29) is 0 Å². The summed E-state index contributed by atoms with van der Waals surface area (Å²) in [7, 11) is 2.27. The van der Waals surface area contributed by atoms with E-state index in [2.05, 4.69) is 35.5 Å². The minimum Gasteiger partial charge on any atom is -0.478 e. The van der Waals surface area contributed by atoms with E-state index >= 15 is 0 Å². The van der Waals surface area contributed by atoms with Crippen LogP contribution in [0, 0.1) is 0 Å². The van der Waals surface area contributed by atoms with Gasteiger partial charge in [-0.2, -0.15) is 0 Å². The van der Waals surface area contributed by atoms with Crippen LogP contribution in [-0.4, -0.2) is 46.2 Å². The summed E-state index contributed by atoms with van der Waals surface area (Å²) in [5.74, 6) is -2.51. The van der Waals surface area contributed by atoms with Gasteiger partial charge in [0.15, 0.2) is 0 Å². The number of nitrogens with zero attached hydrogens (tertiary/aromatic N) is 1. The first kappa shape index (κ1) is 16.5. The molecule has 2 atom stereocenters. The first-order valence-corrected chi connectivity index (χ1v) is 7.95. The van der Waals surface area contributed by atoms with Crippen LogP contribution in [-0.2, 0) is 9.59 Å². The molecule has 2 aliphatic heterocycles. The lowest BCUT2D eigenvalue weighted by Crippen LogP contribution is -2.34. The van der Waals surface area contributed by atoms with Crippen molar-refractivity contribution in [2.24, 2.45) is 0 Å². The molecule has 0 aliphatic carbocycles. The summed E-state index contributed by atoms with van der Waals surface area (Å²) >= 11 is 1.88. The molecule has 3 heterocycles. The van der Waals surface area contributed by atoms with Crippen LogP contribution >= 0.6 is 11.3 Å². The fourth-order valence-corrected chi connectivity index (χ4v) is 3.59. The molecule has 118 valence electrons. The lowest BCUT2D eigenvalue weighted by molar-refractivity contribution is -0.134. The molecular weight excluding hydrogens is 302 g/mol. The number of likely N-dealkylation sites (N-methyl/N-ethyl adjacent to an activating group) is 1. The van der Waals surface area contributed by atoms with Crippen molar-refractivity contribution in [2.45, 2.75) is 31.3 Å². The SMILES string of the molecule is CN1C2C=C(c3cccs3)CC1CC2.O=C(O)/C=C/C(=O)O. The van der Waals surface area contributed by atoms with Crippen molar-refractivity contribution in [2.75, 3.05) is 7.05 Å². The standard InChI is InChI=1S/C12H15NS.C4H4O4/c1-13-10-4-5-11(13)8-9(7-10)12-3-2-6-14-12;5-3(6)1-2-4(7)8/h2-3,6-7,10-11H,4-5,8H2,1H3;1-2H,(H,5,6)(H,7,8)/b;2-1+. The number of thiophene rings is 1. The van der Waals surface area contributed by atoms with Crippen LogP contribution in [0.3, 0.4) is 0 Å². The summed E-state index contributed by atoms with van der Waals surface area (Å²) in [6.45, 7) is 0. The number of rotatable bonds is 3. The quantitative estimate of drug-likeness (QED) is 0.837. The highest BCUT2D eigenvalue weighted by Crippen LogP contribution is 2.38. The van der Waals surface area contributed by atoms with E-state index in [0.29, 0.717) is 18.2 Å². The van der Waals surface area contributed by atoms with Crippen LogP contribution in [0.25, 0.3) is 5.57 Å². The number of carbonyl (C=O) groups is 2. The van der Waals surface area contributed by atoms with Gasteiger partial charge < -0.3 is 10.2 Å². The van der Waals surface area contributed by atoms with E-state index in [4.69, 9.17) is 10.2 Å². The van der Waals surface area contributed by atoms with Gasteiger partial charge in [0.1, 0.15) is 0 Å². The van der Waals surface area contributed by atoms with Crippen molar-refractivity contribution in [3.8, 4) is 0 Å². The fraction of sp³-hybridized carbons (Fsp3) is 0.375. The average Bonchev–Trinajstić information content (AvgIpc) is 3.04. The van der Waals surface area contributed by atoms with Crippen LogP contribution in [0.15, 0.2) is 35.7 Å². The van der Waals surface area contributed by atoms with Gasteiger partial charge in [0, 0.05) is 29.1 Å². The number of carboxylic acid groups (broad SMARTS) is 2. The van der Waals surface area contributed by atoms with Crippen LogP contribution in [0.2, 0.25) is 0 Å². The summed E-state index contributed by atoms with van der Waals surface area (Å²) in [6, 6.07) is 5.93. The second-order valence-corrected chi connectivity index (χ2v) is 6.29. The summed E-state index contributed by atoms with van der Waals surface area (Å²) in [5, 5.41) is 17.8. The molecule has 0 amide bonds. The molecule has 6 heteroatoms. The molecule has 0 saturated carbocycles. The Hall–Kier alpha value is -1.92. The summed E-state index contributed by atoms with van der Waals surface area (Å²) in [4.78, 5) is 23.1. The minimum atomic E-state index is -1.26. The Morgan fingerprint density at radius 2 is 1.95 bits per heavy atom. The molecule has 2 N–H and O–H groups in total. The number of fused-ring (bicyclic) bond motifs is 2. The Balaban J connectivity index is 0.000000192. The van der Waals surface area contributed by atoms with Gasteiger partial charge in [-0.05, 0) is 43.3 Å². The van der Waals surface area contributed by atoms with Crippen molar-refractivity contribution in [1.82, 2.24) is 4.90 Å². The average molecular weight is 321 g/mol. The molecule has 0 radical (unpaired) electrons. The van der Waals surface area contributed by atoms with Gasteiger partial charge in [-0.25, -0.2) is 9.59 Å². The zero-order valence-electron chi connectivity index (χ0n) is 12.3. The maximum atomic E-state index is 9.55. The minimum absolute atomic E-state index is 0.558. The van der Waals surface area contributed by atoms with E-state index in [1.165, 1.54) is 24.1 Å². The van der Waals surface area contributed by atoms with Gasteiger partial charge in [0.05, 0.1) is 0 Å². The summed E-state index contributed by atoms with van der Waals surface area (Å²) in [6.07, 6.45) is 7.59. The van der Waals surface area contributed by atoms with Gasteiger partial charge in [-0.15, -0.1) is 11.3 Å². The van der Waals surface area contributed by atoms with Crippen molar-refractivity contribution >= 4 is 28.8 Å². The molecular formula is C16H19NO4S. The summed E-state index contributed by atoms with van der Waals surface area (Å²) in [5.41, 5.74) is 1.59. The lowest BCUT2D eigenvalue weighted by atomic mass is 10.0. The zero-order chi connectivity index (χ0) is 16.1. The van der Waals surface area contributed by atoms with Crippen molar-refractivity contribution in [1.29, 1.82) is 0 Å². The van der Waals surface area contributed by atoms with Crippen molar-refractivity contribution < 1.29 is 19.8 Å². The fourth-order valence-electron chi connectivity index (χ4n) is 2.83. The molecule has 2 aliphatic rings. The third kappa shape index (κ3) is 4.29. The molecule has 1 saturated heterocycles. The third-order valence-corrected chi connectivity index (χ3v) is 4.90. The Bertz CT molecular complexity index is 575. The van der Waals surface area contributed by atoms with Gasteiger partial charge in [0.2, 0.25) is 0 Å². The number of carboxylic acids is 2. The maximum absolute atomic E-state index is 9.55. The van der Waals surface area contributed by atoms with Gasteiger partial charge in [0.25, 0.3) is 0 Å². The molecule has 2 unspecified atom stereocenters. The van der Waals surface area contributed by atoms with Crippen molar-refractivity contribution in [3.05, 3.63) is 40.6 Å². The van der Waals surface area contributed by atoms with Crippen LogP contribution in [0.4, 0.5) is 0 Å². The van der Waals surface area contributed by atoms with Gasteiger partial charge >= 0.3 is 11.9 Å². The Morgan fingerprint density at radius 1 is 1.27 bits per heavy atom.